The van der Waals surface area contributed by atoms with Gasteiger partial charge in [0.2, 0.25) is 0 Å². The Labute approximate surface area is 298 Å². The Kier molecular flexibility index (Phi) is 6.22. The molecule has 0 saturated heterocycles. The minimum absolute atomic E-state index is 0.855. The van der Waals surface area contributed by atoms with Gasteiger partial charge in [-0.25, -0.2) is 0 Å². The zero-order valence-electron chi connectivity index (χ0n) is 27.9. The first-order valence-corrected chi connectivity index (χ1v) is 17.5. The number of fused-ring (bicyclic) bond motifs is 9. The summed E-state index contributed by atoms with van der Waals surface area (Å²) in [7, 11) is 0. The van der Waals surface area contributed by atoms with Gasteiger partial charge in [-0.05, 0) is 113 Å². The summed E-state index contributed by atoms with van der Waals surface area (Å²) < 4.78 is 19.0. The highest BCUT2D eigenvalue weighted by atomic mass is 16.3. The molecule has 4 nitrogen and oxygen atoms in total. The van der Waals surface area contributed by atoms with Crippen LogP contribution in [-0.2, 0) is 0 Å². The zero-order chi connectivity index (χ0) is 34.2. The molecule has 0 saturated carbocycles. The van der Waals surface area contributed by atoms with Gasteiger partial charge in [0.15, 0.2) is 0 Å². The lowest BCUT2D eigenvalue weighted by atomic mass is 9.99. The summed E-state index contributed by atoms with van der Waals surface area (Å²) in [6, 6.07) is 61.4. The monoisotopic (exact) mass is 667 g/mol. The van der Waals surface area contributed by atoms with E-state index in [0.29, 0.717) is 0 Å². The van der Waals surface area contributed by atoms with Crippen LogP contribution in [0.4, 0.5) is 17.1 Å². The van der Waals surface area contributed by atoms with E-state index >= 15 is 0 Å². The van der Waals surface area contributed by atoms with Gasteiger partial charge in [-0.1, -0.05) is 78.9 Å². The maximum atomic E-state index is 6.57. The summed E-state index contributed by atoms with van der Waals surface area (Å²) in [4.78, 5) is 2.26. The van der Waals surface area contributed by atoms with E-state index < -0.39 is 0 Å². The van der Waals surface area contributed by atoms with Crippen LogP contribution in [0, 0.1) is 0 Å². The van der Waals surface area contributed by atoms with Crippen molar-refractivity contribution >= 4 is 82.9 Å². The average molecular weight is 668 g/mol. The molecular formula is C48H29NO3. The predicted octanol–water partition coefficient (Wildman–Crippen LogP) is 14.2. The van der Waals surface area contributed by atoms with Gasteiger partial charge in [0, 0.05) is 55.4 Å². The van der Waals surface area contributed by atoms with Gasteiger partial charge in [0.05, 0.1) is 0 Å². The highest BCUT2D eigenvalue weighted by molar-refractivity contribution is 6.10. The molecule has 0 fully saturated rings. The molecule has 244 valence electrons. The molecule has 52 heavy (non-hydrogen) atoms. The number of hydrogen-bond acceptors (Lipinski definition) is 4. The molecule has 0 bridgehead atoms. The number of benzene rings is 8. The number of anilines is 3. The SMILES string of the molecule is c1ccc(N(c2ccccc2)c2ccc3c(c2)oc2cc(-c4ccc5oc6cc(-c7ccc8oc9ccccc9c8c7)ccc6c5c4)ccc23)cc1. The molecule has 3 heterocycles. The Bertz CT molecular complexity index is 3090. The molecule has 0 radical (unpaired) electrons. The Morgan fingerprint density at radius 1 is 0.250 bits per heavy atom. The van der Waals surface area contributed by atoms with Gasteiger partial charge in [0.1, 0.15) is 33.5 Å². The first-order valence-electron chi connectivity index (χ1n) is 17.5. The fraction of sp³-hybridized carbons (Fsp3) is 0. The van der Waals surface area contributed by atoms with Crippen molar-refractivity contribution in [3.05, 3.63) is 176 Å². The topological polar surface area (TPSA) is 42.7 Å². The minimum atomic E-state index is 0.855. The first-order chi connectivity index (χ1) is 25.7. The van der Waals surface area contributed by atoms with Crippen molar-refractivity contribution in [2.24, 2.45) is 0 Å². The fourth-order valence-electron chi connectivity index (χ4n) is 7.73. The van der Waals surface area contributed by atoms with E-state index in [1.165, 1.54) is 0 Å². The van der Waals surface area contributed by atoms with Crippen LogP contribution in [0.25, 0.3) is 88.1 Å². The van der Waals surface area contributed by atoms with Gasteiger partial charge in [-0.15, -0.1) is 0 Å². The summed E-state index contributed by atoms with van der Waals surface area (Å²) >= 11 is 0. The van der Waals surface area contributed by atoms with Crippen LogP contribution >= 0.6 is 0 Å². The van der Waals surface area contributed by atoms with E-state index in [4.69, 9.17) is 13.3 Å². The van der Waals surface area contributed by atoms with Gasteiger partial charge in [-0.2, -0.15) is 0 Å². The largest absolute Gasteiger partial charge is 0.456 e. The highest BCUT2D eigenvalue weighted by Gasteiger charge is 2.17. The molecule has 0 spiro atoms. The molecule has 11 rings (SSSR count). The molecule has 0 aliphatic heterocycles. The minimum Gasteiger partial charge on any atom is -0.456 e. The second kappa shape index (κ2) is 11.2. The lowest BCUT2D eigenvalue weighted by Crippen LogP contribution is -2.09. The number of rotatable bonds is 5. The van der Waals surface area contributed by atoms with E-state index in [-0.39, 0.29) is 0 Å². The molecule has 4 heteroatoms. The van der Waals surface area contributed by atoms with Gasteiger partial charge in [0.25, 0.3) is 0 Å². The molecule has 0 unspecified atom stereocenters. The van der Waals surface area contributed by atoms with E-state index in [2.05, 4.69) is 157 Å². The predicted molar refractivity (Wildman–Crippen MR) is 214 cm³/mol. The third kappa shape index (κ3) is 4.55. The highest BCUT2D eigenvalue weighted by Crippen LogP contribution is 2.41. The standard InChI is InChI=1S/C48H29NO3/c1-3-9-34(10-4-1)49(35-11-5-2-6-12-35)36-19-22-39-38-20-15-32(27-46(38)52-48(39)29-36)31-18-24-45-42(26-31)40-21-16-33(28-47(40)51-45)30-17-23-44-41(25-30)37-13-7-8-14-43(37)50-44/h1-29H. The van der Waals surface area contributed by atoms with E-state index in [1.54, 1.807) is 0 Å². The van der Waals surface area contributed by atoms with E-state index in [1.807, 2.05) is 24.3 Å². The fourth-order valence-corrected chi connectivity index (χ4v) is 7.73. The Balaban J connectivity index is 0.958. The molecule has 0 aliphatic rings. The smallest absolute Gasteiger partial charge is 0.137 e. The summed E-state index contributed by atoms with van der Waals surface area (Å²) in [5, 5.41) is 6.62. The van der Waals surface area contributed by atoms with Crippen LogP contribution in [0.1, 0.15) is 0 Å². The van der Waals surface area contributed by atoms with Crippen LogP contribution in [0.2, 0.25) is 0 Å². The van der Waals surface area contributed by atoms with Crippen LogP contribution in [0.15, 0.2) is 189 Å². The molecule has 0 amide bonds. The second-order valence-corrected chi connectivity index (χ2v) is 13.3. The summed E-state index contributed by atoms with van der Waals surface area (Å²) in [5.74, 6) is 0. The van der Waals surface area contributed by atoms with Crippen molar-refractivity contribution in [3.63, 3.8) is 0 Å². The molecule has 0 aliphatic carbocycles. The van der Waals surface area contributed by atoms with Crippen molar-refractivity contribution in [1.82, 2.24) is 0 Å². The molecule has 8 aromatic carbocycles. The van der Waals surface area contributed by atoms with Gasteiger partial charge >= 0.3 is 0 Å². The lowest BCUT2D eigenvalue weighted by Gasteiger charge is -2.25. The van der Waals surface area contributed by atoms with Crippen LogP contribution in [-0.4, -0.2) is 0 Å². The van der Waals surface area contributed by atoms with Gasteiger partial charge in [-0.3, -0.25) is 0 Å². The second-order valence-electron chi connectivity index (χ2n) is 13.3. The van der Waals surface area contributed by atoms with Crippen molar-refractivity contribution in [2.45, 2.75) is 0 Å². The normalized spacial score (nSPS) is 11.8. The number of hydrogen-bond donors (Lipinski definition) is 0. The third-order valence-corrected chi connectivity index (χ3v) is 10.3. The Morgan fingerprint density at radius 3 is 1.27 bits per heavy atom. The van der Waals surface area contributed by atoms with Crippen LogP contribution < -0.4 is 4.90 Å². The molecule has 11 aromatic rings. The number of furan rings is 3. The van der Waals surface area contributed by atoms with Crippen molar-refractivity contribution < 1.29 is 13.3 Å². The van der Waals surface area contributed by atoms with E-state index in [0.717, 1.165) is 105 Å². The molecule has 3 aromatic heterocycles. The summed E-state index contributed by atoms with van der Waals surface area (Å²) in [6.07, 6.45) is 0. The van der Waals surface area contributed by atoms with Crippen molar-refractivity contribution in [3.8, 4) is 22.3 Å². The maximum absolute atomic E-state index is 6.57. The van der Waals surface area contributed by atoms with E-state index in [9.17, 15) is 0 Å². The summed E-state index contributed by atoms with van der Waals surface area (Å²) in [6.45, 7) is 0. The van der Waals surface area contributed by atoms with Crippen LogP contribution in [0.5, 0.6) is 0 Å². The Hall–Kier alpha value is -7.04. The first kappa shape index (κ1) is 28.8. The molecular weight excluding hydrogens is 639 g/mol. The average Bonchev–Trinajstić information content (AvgIpc) is 3.88. The Morgan fingerprint density at radius 2 is 0.654 bits per heavy atom. The number of nitrogens with zero attached hydrogens (tertiary/aromatic N) is 1. The zero-order valence-corrected chi connectivity index (χ0v) is 27.9. The van der Waals surface area contributed by atoms with Crippen molar-refractivity contribution in [1.29, 1.82) is 0 Å². The molecule has 0 atom stereocenters. The van der Waals surface area contributed by atoms with Crippen LogP contribution in [0.3, 0.4) is 0 Å². The third-order valence-electron chi connectivity index (χ3n) is 10.3. The quantitative estimate of drug-likeness (QED) is 0.183. The lowest BCUT2D eigenvalue weighted by molar-refractivity contribution is 0.668. The molecule has 0 N–H and O–H groups in total. The maximum Gasteiger partial charge on any atom is 0.137 e. The van der Waals surface area contributed by atoms with Gasteiger partial charge < -0.3 is 18.2 Å². The number of para-hydroxylation sites is 3. The summed E-state index contributed by atoms with van der Waals surface area (Å²) in [5.41, 5.74) is 12.9. The van der Waals surface area contributed by atoms with Crippen molar-refractivity contribution in [2.75, 3.05) is 4.90 Å².